The van der Waals surface area contributed by atoms with E-state index in [9.17, 15) is 14.7 Å². The number of fused-ring (bicyclic) bond motifs is 1. The third-order valence-corrected chi connectivity index (χ3v) is 9.85. The topological polar surface area (TPSA) is 118 Å². The van der Waals surface area contributed by atoms with Crippen LogP contribution in [0.5, 0.6) is 0 Å². The minimum Gasteiger partial charge on any atom is -0.393 e. The second kappa shape index (κ2) is 13.1. The van der Waals surface area contributed by atoms with Gasteiger partial charge in [0, 0.05) is 30.1 Å². The molecule has 9 nitrogen and oxygen atoms in total. The fourth-order valence-corrected chi connectivity index (χ4v) is 6.44. The Morgan fingerprint density at radius 2 is 1.43 bits per heavy atom. The quantitative estimate of drug-likeness (QED) is 0.220. The smallest absolute Gasteiger partial charge is 0.228 e. The van der Waals surface area contributed by atoms with Gasteiger partial charge in [0.2, 0.25) is 11.8 Å². The molecule has 3 N–H and O–H groups in total. The summed E-state index contributed by atoms with van der Waals surface area (Å²) in [5.74, 6) is 8.19. The molecule has 0 bridgehead atoms. The first-order valence-electron chi connectivity index (χ1n) is 16.6. The maximum atomic E-state index is 13.1. The van der Waals surface area contributed by atoms with Crippen molar-refractivity contribution in [1.29, 1.82) is 0 Å². The van der Waals surface area contributed by atoms with Crippen LogP contribution in [0.4, 0.5) is 0 Å². The zero-order chi connectivity index (χ0) is 32.5. The average Bonchev–Trinajstić information content (AvgIpc) is 3.87. The highest BCUT2D eigenvalue weighted by Crippen LogP contribution is 2.35. The number of carbonyl (C=O) groups excluding carboxylic acids is 2. The SMILES string of the molecule is CC(C)C(C)C(=O)N1CCCC1c1ncc(-c2ccc(C#Cc3ccc4nc(C5CCCN5C(=O)C(C)C(C)O)[nH]c4c3)cc2)[nH]1. The van der Waals surface area contributed by atoms with Gasteiger partial charge in [0.05, 0.1) is 47.0 Å². The van der Waals surface area contributed by atoms with Crippen LogP contribution >= 0.6 is 0 Å². The number of aromatic nitrogens is 4. The molecule has 240 valence electrons. The van der Waals surface area contributed by atoms with Gasteiger partial charge < -0.3 is 24.9 Å². The summed E-state index contributed by atoms with van der Waals surface area (Å²) < 4.78 is 0. The normalized spacial score (nSPS) is 20.2. The minimum atomic E-state index is -0.690. The second-order valence-corrected chi connectivity index (χ2v) is 13.3. The van der Waals surface area contributed by atoms with Crippen LogP contribution in [0.2, 0.25) is 0 Å². The van der Waals surface area contributed by atoms with E-state index in [-0.39, 0.29) is 29.8 Å². The van der Waals surface area contributed by atoms with E-state index in [0.717, 1.165) is 77.3 Å². The molecule has 5 atom stereocenters. The number of nitrogens with one attached hydrogen (secondary N) is 2. The number of hydrogen-bond acceptors (Lipinski definition) is 5. The van der Waals surface area contributed by atoms with Crippen LogP contribution in [0.25, 0.3) is 22.3 Å². The summed E-state index contributed by atoms with van der Waals surface area (Å²) in [6.45, 7) is 11.1. The van der Waals surface area contributed by atoms with Gasteiger partial charge in [-0.15, -0.1) is 0 Å². The van der Waals surface area contributed by atoms with Crippen molar-refractivity contribution in [3.05, 3.63) is 71.4 Å². The van der Waals surface area contributed by atoms with Crippen LogP contribution in [0.3, 0.4) is 0 Å². The molecule has 2 aliphatic rings. The number of rotatable bonds is 7. The van der Waals surface area contributed by atoms with Crippen molar-refractivity contribution in [2.75, 3.05) is 13.1 Å². The Morgan fingerprint density at radius 3 is 2.09 bits per heavy atom. The minimum absolute atomic E-state index is 0.00532. The first kappa shape index (κ1) is 31.6. The third kappa shape index (κ3) is 6.32. The first-order valence-corrected chi connectivity index (χ1v) is 16.6. The van der Waals surface area contributed by atoms with E-state index >= 15 is 0 Å². The summed E-state index contributed by atoms with van der Waals surface area (Å²) in [7, 11) is 0. The van der Waals surface area contributed by atoms with Crippen molar-refractivity contribution in [2.45, 2.75) is 78.5 Å². The van der Waals surface area contributed by atoms with Crippen molar-refractivity contribution in [2.24, 2.45) is 17.8 Å². The molecule has 4 aromatic rings. The van der Waals surface area contributed by atoms with Crippen LogP contribution in [0, 0.1) is 29.6 Å². The molecule has 2 aromatic heterocycles. The first-order chi connectivity index (χ1) is 22.1. The van der Waals surface area contributed by atoms with Crippen molar-refractivity contribution in [3.63, 3.8) is 0 Å². The molecule has 0 saturated carbocycles. The van der Waals surface area contributed by atoms with Gasteiger partial charge in [-0.1, -0.05) is 51.7 Å². The molecule has 0 aliphatic carbocycles. The lowest BCUT2D eigenvalue weighted by Gasteiger charge is -2.27. The number of aromatic amines is 2. The van der Waals surface area contributed by atoms with E-state index in [4.69, 9.17) is 4.98 Å². The maximum Gasteiger partial charge on any atom is 0.228 e. The lowest BCUT2D eigenvalue weighted by atomic mass is 9.96. The summed E-state index contributed by atoms with van der Waals surface area (Å²) in [5.41, 5.74) is 5.44. The summed E-state index contributed by atoms with van der Waals surface area (Å²) >= 11 is 0. The standard InChI is InChI=1S/C37H44N6O3/c1-22(2)23(3)36(45)42-18-6-8-32(42)34-38-21-31(41-34)28-15-12-26(13-16-28)10-11-27-14-17-29-30(20-27)40-35(39-29)33-9-7-19-43(33)37(46)24(4)25(5)44/h12-17,20-25,32-33,44H,6-9,18-19H2,1-5H3,(H,38,41)(H,39,40). The molecule has 0 spiro atoms. The molecule has 2 saturated heterocycles. The molecule has 4 heterocycles. The number of imidazole rings is 2. The van der Waals surface area contributed by atoms with E-state index in [0.29, 0.717) is 12.5 Å². The third-order valence-electron chi connectivity index (χ3n) is 9.85. The second-order valence-electron chi connectivity index (χ2n) is 13.3. The highest BCUT2D eigenvalue weighted by molar-refractivity contribution is 5.81. The van der Waals surface area contributed by atoms with Crippen LogP contribution < -0.4 is 0 Å². The van der Waals surface area contributed by atoms with Gasteiger partial charge in [-0.2, -0.15) is 0 Å². The number of likely N-dealkylation sites (tertiary alicyclic amines) is 2. The number of aliphatic hydroxyl groups excluding tert-OH is 1. The van der Waals surface area contributed by atoms with Gasteiger partial charge in [-0.25, -0.2) is 9.97 Å². The van der Waals surface area contributed by atoms with E-state index in [1.54, 1.807) is 13.8 Å². The number of hydrogen-bond donors (Lipinski definition) is 3. The monoisotopic (exact) mass is 620 g/mol. The van der Waals surface area contributed by atoms with Crippen molar-refractivity contribution >= 4 is 22.8 Å². The summed E-state index contributed by atoms with van der Waals surface area (Å²) in [5, 5.41) is 9.94. The number of nitrogens with zero attached hydrogens (tertiary/aromatic N) is 4. The number of amides is 2. The van der Waals surface area contributed by atoms with Crippen molar-refractivity contribution < 1.29 is 14.7 Å². The molecule has 2 amide bonds. The van der Waals surface area contributed by atoms with E-state index in [2.05, 4.69) is 40.6 Å². The molecular weight excluding hydrogens is 576 g/mol. The molecule has 0 radical (unpaired) electrons. The molecular formula is C37H44N6O3. The van der Waals surface area contributed by atoms with Crippen LogP contribution in [-0.2, 0) is 9.59 Å². The van der Waals surface area contributed by atoms with E-state index < -0.39 is 12.0 Å². The average molecular weight is 621 g/mol. The van der Waals surface area contributed by atoms with E-state index in [1.807, 2.05) is 65.4 Å². The Hall–Kier alpha value is -4.42. The molecule has 5 unspecified atom stereocenters. The Balaban J connectivity index is 1.13. The summed E-state index contributed by atoms with van der Waals surface area (Å²) in [6, 6.07) is 13.9. The van der Waals surface area contributed by atoms with E-state index in [1.165, 1.54) is 0 Å². The lowest BCUT2D eigenvalue weighted by Crippen LogP contribution is -2.38. The summed E-state index contributed by atoms with van der Waals surface area (Å²) in [6.07, 6.45) is 4.83. The number of carbonyl (C=O) groups is 2. The molecule has 2 aromatic carbocycles. The van der Waals surface area contributed by atoms with Gasteiger partial charge in [0.1, 0.15) is 11.6 Å². The largest absolute Gasteiger partial charge is 0.393 e. The highest BCUT2D eigenvalue weighted by atomic mass is 16.3. The molecule has 9 heteroatoms. The molecule has 2 aliphatic heterocycles. The molecule has 6 rings (SSSR count). The predicted octanol–water partition coefficient (Wildman–Crippen LogP) is 5.99. The fourth-order valence-electron chi connectivity index (χ4n) is 6.44. The highest BCUT2D eigenvalue weighted by Gasteiger charge is 2.36. The number of aliphatic hydroxyl groups is 1. The Kier molecular flexibility index (Phi) is 9.01. The fraction of sp³-hybridized carbons (Fsp3) is 0.459. The van der Waals surface area contributed by atoms with Crippen LogP contribution in [0.15, 0.2) is 48.7 Å². The lowest BCUT2D eigenvalue weighted by molar-refractivity contribution is -0.139. The van der Waals surface area contributed by atoms with Crippen molar-refractivity contribution in [1.82, 2.24) is 29.7 Å². The van der Waals surface area contributed by atoms with Gasteiger partial charge in [-0.3, -0.25) is 9.59 Å². The van der Waals surface area contributed by atoms with Crippen LogP contribution in [0.1, 0.15) is 95.2 Å². The van der Waals surface area contributed by atoms with Gasteiger partial charge in [0.25, 0.3) is 0 Å². The molecule has 2 fully saturated rings. The zero-order valence-electron chi connectivity index (χ0n) is 27.4. The molecule has 46 heavy (non-hydrogen) atoms. The predicted molar refractivity (Wildman–Crippen MR) is 178 cm³/mol. The van der Waals surface area contributed by atoms with Gasteiger partial charge in [0.15, 0.2) is 0 Å². The number of benzene rings is 2. The Labute approximate surface area is 270 Å². The summed E-state index contributed by atoms with van der Waals surface area (Å²) in [4.78, 5) is 46.3. The zero-order valence-corrected chi connectivity index (χ0v) is 27.4. The maximum absolute atomic E-state index is 13.1. The Morgan fingerprint density at radius 1 is 0.826 bits per heavy atom. The van der Waals surface area contributed by atoms with Gasteiger partial charge in [-0.05, 0) is 74.4 Å². The van der Waals surface area contributed by atoms with Crippen LogP contribution in [-0.4, -0.2) is 65.9 Å². The van der Waals surface area contributed by atoms with Crippen molar-refractivity contribution in [3.8, 4) is 23.1 Å². The Bertz CT molecular complexity index is 1780. The number of H-pyrrole nitrogens is 2. The van der Waals surface area contributed by atoms with Gasteiger partial charge >= 0.3 is 0 Å².